The normalized spacial score (nSPS) is 18.4. The van der Waals surface area contributed by atoms with E-state index in [1.54, 1.807) is 0 Å². The monoisotopic (exact) mass is 288 g/mol. The maximum absolute atomic E-state index is 6.37. The van der Waals surface area contributed by atoms with Gasteiger partial charge in [-0.2, -0.15) is 5.10 Å². The highest BCUT2D eigenvalue weighted by Gasteiger charge is 2.26. The minimum Gasteiger partial charge on any atom is -0.268 e. The number of alkyl halides is 1. The Balaban J connectivity index is 2.15. The van der Waals surface area contributed by atoms with Crippen LogP contribution in [0.3, 0.4) is 0 Å². The first-order valence-electron chi connectivity index (χ1n) is 6.95. The third-order valence-corrected chi connectivity index (χ3v) is 5.06. The molecule has 1 aliphatic carbocycles. The molecular weight excluding hydrogens is 267 g/mol. The van der Waals surface area contributed by atoms with Crippen molar-refractivity contribution in [3.05, 3.63) is 16.4 Å². The summed E-state index contributed by atoms with van der Waals surface area (Å²) in [4.78, 5) is 0. The van der Waals surface area contributed by atoms with Crippen LogP contribution >= 0.6 is 23.2 Å². The molecule has 1 aliphatic rings. The van der Waals surface area contributed by atoms with Gasteiger partial charge in [0, 0.05) is 12.4 Å². The van der Waals surface area contributed by atoms with Gasteiger partial charge in [0.05, 0.1) is 16.4 Å². The Morgan fingerprint density at radius 3 is 2.61 bits per heavy atom. The van der Waals surface area contributed by atoms with E-state index in [4.69, 9.17) is 23.2 Å². The van der Waals surface area contributed by atoms with E-state index in [2.05, 4.69) is 12.0 Å². The van der Waals surface area contributed by atoms with E-state index in [9.17, 15) is 0 Å². The largest absolute Gasteiger partial charge is 0.268 e. The zero-order valence-electron chi connectivity index (χ0n) is 11.3. The Morgan fingerprint density at radius 2 is 2.06 bits per heavy atom. The van der Waals surface area contributed by atoms with Gasteiger partial charge in [0.1, 0.15) is 0 Å². The predicted octanol–water partition coefficient (Wildman–Crippen LogP) is 4.45. The highest BCUT2D eigenvalue weighted by Crippen LogP contribution is 2.35. The predicted molar refractivity (Wildman–Crippen MR) is 77.5 cm³/mol. The summed E-state index contributed by atoms with van der Waals surface area (Å²) in [7, 11) is 0. The molecule has 18 heavy (non-hydrogen) atoms. The van der Waals surface area contributed by atoms with Crippen molar-refractivity contribution in [1.82, 2.24) is 9.78 Å². The van der Waals surface area contributed by atoms with Crippen LogP contribution in [-0.4, -0.2) is 15.7 Å². The van der Waals surface area contributed by atoms with Crippen molar-refractivity contribution in [2.45, 2.75) is 52.5 Å². The maximum atomic E-state index is 6.37. The second kappa shape index (κ2) is 6.29. The second-order valence-electron chi connectivity index (χ2n) is 5.32. The number of hydrogen-bond donors (Lipinski definition) is 0. The van der Waals surface area contributed by atoms with Gasteiger partial charge in [-0.25, -0.2) is 0 Å². The van der Waals surface area contributed by atoms with Crippen LogP contribution in [0.1, 0.15) is 44.0 Å². The minimum absolute atomic E-state index is 0.549. The van der Waals surface area contributed by atoms with Crippen molar-refractivity contribution in [3.63, 3.8) is 0 Å². The van der Waals surface area contributed by atoms with E-state index in [0.717, 1.165) is 35.5 Å². The Morgan fingerprint density at radius 1 is 1.39 bits per heavy atom. The smallest absolute Gasteiger partial charge is 0.0847 e. The third-order valence-electron chi connectivity index (χ3n) is 4.17. The molecule has 2 nitrogen and oxygen atoms in total. The van der Waals surface area contributed by atoms with Gasteiger partial charge in [0.15, 0.2) is 0 Å². The number of aryl methyl sites for hydroxylation is 2. The Kier molecular flexibility index (Phi) is 4.97. The molecule has 2 rings (SSSR count). The van der Waals surface area contributed by atoms with Crippen LogP contribution < -0.4 is 0 Å². The first kappa shape index (κ1) is 14.2. The minimum atomic E-state index is 0.549. The van der Waals surface area contributed by atoms with Crippen molar-refractivity contribution in [1.29, 1.82) is 0 Å². The quantitative estimate of drug-likeness (QED) is 0.732. The van der Waals surface area contributed by atoms with E-state index in [1.165, 1.54) is 31.4 Å². The SMILES string of the molecule is CCn1nc(C)c(Cl)c1CC(CCl)C1CCCC1. The first-order valence-corrected chi connectivity index (χ1v) is 7.86. The van der Waals surface area contributed by atoms with Crippen molar-refractivity contribution in [2.75, 3.05) is 5.88 Å². The summed E-state index contributed by atoms with van der Waals surface area (Å²) in [6.07, 6.45) is 6.35. The molecule has 1 unspecified atom stereocenters. The second-order valence-corrected chi connectivity index (χ2v) is 6.01. The number of rotatable bonds is 5. The molecule has 102 valence electrons. The molecular formula is C14H22Cl2N2. The fraction of sp³-hybridized carbons (Fsp3) is 0.786. The topological polar surface area (TPSA) is 17.8 Å². The Hall–Kier alpha value is -0.210. The van der Waals surface area contributed by atoms with Crippen LogP contribution in [0.15, 0.2) is 0 Å². The number of nitrogens with zero attached hydrogens (tertiary/aromatic N) is 2. The zero-order valence-corrected chi connectivity index (χ0v) is 12.8. The molecule has 0 aliphatic heterocycles. The molecule has 0 bridgehead atoms. The van der Waals surface area contributed by atoms with Crippen LogP contribution in [0, 0.1) is 18.8 Å². The average molecular weight is 289 g/mol. The van der Waals surface area contributed by atoms with Gasteiger partial charge < -0.3 is 0 Å². The summed E-state index contributed by atoms with van der Waals surface area (Å²) in [6, 6.07) is 0. The fourth-order valence-corrected chi connectivity index (χ4v) is 3.66. The maximum Gasteiger partial charge on any atom is 0.0847 e. The van der Waals surface area contributed by atoms with Crippen molar-refractivity contribution < 1.29 is 0 Å². The zero-order chi connectivity index (χ0) is 13.1. The summed E-state index contributed by atoms with van der Waals surface area (Å²) in [5.41, 5.74) is 2.11. The lowest BCUT2D eigenvalue weighted by molar-refractivity contribution is 0.360. The molecule has 4 heteroatoms. The summed E-state index contributed by atoms with van der Waals surface area (Å²) in [5, 5.41) is 5.32. The molecule has 0 amide bonds. The Bertz CT molecular complexity index is 395. The highest BCUT2D eigenvalue weighted by atomic mass is 35.5. The molecule has 1 aromatic rings. The number of halogens is 2. The lowest BCUT2D eigenvalue weighted by Gasteiger charge is -2.21. The van der Waals surface area contributed by atoms with Gasteiger partial charge in [-0.1, -0.05) is 37.3 Å². The van der Waals surface area contributed by atoms with Crippen molar-refractivity contribution in [2.24, 2.45) is 11.8 Å². The van der Waals surface area contributed by atoms with E-state index in [-0.39, 0.29) is 0 Å². The van der Waals surface area contributed by atoms with E-state index in [0.29, 0.717) is 5.92 Å². The van der Waals surface area contributed by atoms with Gasteiger partial charge in [-0.05, 0) is 32.1 Å². The molecule has 1 aromatic heterocycles. The van der Waals surface area contributed by atoms with E-state index < -0.39 is 0 Å². The van der Waals surface area contributed by atoms with E-state index >= 15 is 0 Å². The molecule has 0 N–H and O–H groups in total. The lowest BCUT2D eigenvalue weighted by Crippen LogP contribution is -2.18. The molecule has 0 spiro atoms. The highest BCUT2D eigenvalue weighted by molar-refractivity contribution is 6.31. The fourth-order valence-electron chi connectivity index (χ4n) is 3.09. The molecule has 1 atom stereocenters. The summed E-state index contributed by atoms with van der Waals surface area (Å²) in [5.74, 6) is 2.06. The standard InChI is InChI=1S/C14H22Cl2N2/c1-3-18-13(14(16)10(2)17-18)8-12(9-15)11-6-4-5-7-11/h11-12H,3-9H2,1-2H3. The number of hydrogen-bond acceptors (Lipinski definition) is 1. The van der Waals surface area contributed by atoms with E-state index in [1.807, 2.05) is 11.6 Å². The Labute approximate surface area is 120 Å². The molecule has 0 radical (unpaired) electrons. The molecule has 0 saturated heterocycles. The van der Waals surface area contributed by atoms with Crippen molar-refractivity contribution >= 4 is 23.2 Å². The van der Waals surface area contributed by atoms with Gasteiger partial charge in [0.25, 0.3) is 0 Å². The molecule has 1 saturated carbocycles. The summed E-state index contributed by atoms with van der Waals surface area (Å²) in [6.45, 7) is 4.96. The van der Waals surface area contributed by atoms with Crippen molar-refractivity contribution in [3.8, 4) is 0 Å². The van der Waals surface area contributed by atoms with Crippen LogP contribution in [0.5, 0.6) is 0 Å². The molecule has 0 aromatic carbocycles. The van der Waals surface area contributed by atoms with Gasteiger partial charge in [-0.3, -0.25) is 4.68 Å². The van der Waals surface area contributed by atoms with Crippen LogP contribution in [-0.2, 0) is 13.0 Å². The lowest BCUT2D eigenvalue weighted by atomic mass is 9.88. The third kappa shape index (κ3) is 2.85. The first-order chi connectivity index (χ1) is 8.67. The number of aromatic nitrogens is 2. The van der Waals surface area contributed by atoms with Gasteiger partial charge in [-0.15, -0.1) is 11.6 Å². The summed E-state index contributed by atoms with van der Waals surface area (Å²) >= 11 is 12.6. The van der Waals surface area contributed by atoms with Gasteiger partial charge in [0.2, 0.25) is 0 Å². The summed E-state index contributed by atoms with van der Waals surface area (Å²) < 4.78 is 2.03. The average Bonchev–Trinajstić information content (AvgIpc) is 2.98. The van der Waals surface area contributed by atoms with Crippen LogP contribution in [0.4, 0.5) is 0 Å². The molecule has 1 fully saturated rings. The van der Waals surface area contributed by atoms with Crippen LogP contribution in [0.2, 0.25) is 5.02 Å². The van der Waals surface area contributed by atoms with Crippen LogP contribution in [0.25, 0.3) is 0 Å². The molecule has 1 heterocycles. The van der Waals surface area contributed by atoms with Gasteiger partial charge >= 0.3 is 0 Å².